The minimum atomic E-state index is -0.329. The Kier molecular flexibility index (Phi) is 2.58. The Labute approximate surface area is 94.8 Å². The molecular weight excluding hydrogens is 204 g/mol. The second kappa shape index (κ2) is 3.77. The molecule has 0 unspecified atom stereocenters. The van der Waals surface area contributed by atoms with Gasteiger partial charge in [-0.1, -0.05) is 19.1 Å². The Morgan fingerprint density at radius 1 is 1.50 bits per heavy atom. The van der Waals surface area contributed by atoms with Crippen molar-refractivity contribution < 1.29 is 4.92 Å². The molecule has 0 amide bonds. The molecule has 0 aromatic heterocycles. The normalized spacial score (nSPS) is 16.9. The Bertz CT molecular complexity index is 425. The maximum atomic E-state index is 10.9. The molecule has 0 aliphatic heterocycles. The third-order valence-electron chi connectivity index (χ3n) is 3.24. The number of hydrogen-bond donors (Lipinski definition) is 1. The molecule has 1 aromatic carbocycles. The fraction of sp³-hybridized carbons (Fsp3) is 0.500. The van der Waals surface area contributed by atoms with Crippen molar-refractivity contribution in [2.24, 2.45) is 5.41 Å². The van der Waals surface area contributed by atoms with Gasteiger partial charge in [0, 0.05) is 12.6 Å². The van der Waals surface area contributed by atoms with Crippen molar-refractivity contribution >= 4 is 11.4 Å². The summed E-state index contributed by atoms with van der Waals surface area (Å²) in [5, 5.41) is 14.1. The average molecular weight is 220 g/mol. The van der Waals surface area contributed by atoms with Crippen LogP contribution < -0.4 is 5.32 Å². The third-order valence-corrected chi connectivity index (χ3v) is 3.24. The lowest BCUT2D eigenvalue weighted by atomic mass is 10.1. The average Bonchev–Trinajstić information content (AvgIpc) is 2.95. The third kappa shape index (κ3) is 2.15. The summed E-state index contributed by atoms with van der Waals surface area (Å²) < 4.78 is 0. The van der Waals surface area contributed by atoms with Crippen LogP contribution in [0.5, 0.6) is 0 Å². The van der Waals surface area contributed by atoms with E-state index in [1.165, 1.54) is 12.8 Å². The van der Waals surface area contributed by atoms with Crippen LogP contribution in [0.2, 0.25) is 0 Å². The van der Waals surface area contributed by atoms with E-state index in [4.69, 9.17) is 0 Å². The second-order valence-corrected chi connectivity index (χ2v) is 4.89. The lowest BCUT2D eigenvalue weighted by Gasteiger charge is -2.13. The van der Waals surface area contributed by atoms with Crippen LogP contribution in [0, 0.1) is 22.5 Å². The van der Waals surface area contributed by atoms with Gasteiger partial charge in [-0.3, -0.25) is 10.1 Å². The predicted octanol–water partition coefficient (Wildman–Crippen LogP) is 3.12. The molecule has 86 valence electrons. The van der Waals surface area contributed by atoms with Crippen molar-refractivity contribution in [3.8, 4) is 0 Å². The number of hydrogen-bond acceptors (Lipinski definition) is 3. The van der Waals surface area contributed by atoms with Crippen LogP contribution in [-0.2, 0) is 0 Å². The van der Waals surface area contributed by atoms with Gasteiger partial charge in [-0.2, -0.15) is 0 Å². The van der Waals surface area contributed by atoms with Crippen molar-refractivity contribution in [2.75, 3.05) is 11.9 Å². The van der Waals surface area contributed by atoms with Gasteiger partial charge in [-0.25, -0.2) is 0 Å². The number of rotatable bonds is 4. The van der Waals surface area contributed by atoms with Gasteiger partial charge in [0.2, 0.25) is 0 Å². The molecular formula is C12H16N2O2. The van der Waals surface area contributed by atoms with E-state index in [-0.39, 0.29) is 10.6 Å². The maximum absolute atomic E-state index is 10.9. The van der Waals surface area contributed by atoms with Crippen molar-refractivity contribution in [3.63, 3.8) is 0 Å². The highest BCUT2D eigenvalue weighted by Gasteiger charge is 2.37. The Balaban J connectivity index is 2.20. The van der Waals surface area contributed by atoms with Gasteiger partial charge in [0.15, 0.2) is 0 Å². The highest BCUT2D eigenvalue weighted by Crippen LogP contribution is 2.45. The molecule has 1 aliphatic rings. The zero-order chi connectivity index (χ0) is 11.8. The molecule has 0 radical (unpaired) electrons. The number of anilines is 1. The first kappa shape index (κ1) is 10.9. The Morgan fingerprint density at radius 2 is 2.19 bits per heavy atom. The highest BCUT2D eigenvalue weighted by molar-refractivity contribution is 5.66. The van der Waals surface area contributed by atoms with Crippen LogP contribution in [0.1, 0.15) is 25.3 Å². The van der Waals surface area contributed by atoms with E-state index >= 15 is 0 Å². The summed E-state index contributed by atoms with van der Waals surface area (Å²) in [7, 11) is 0. The van der Waals surface area contributed by atoms with Gasteiger partial charge < -0.3 is 5.32 Å². The molecule has 4 heteroatoms. The Hall–Kier alpha value is -1.58. The van der Waals surface area contributed by atoms with E-state index in [1.807, 2.05) is 13.0 Å². The van der Waals surface area contributed by atoms with E-state index in [1.54, 1.807) is 12.1 Å². The number of nitro groups is 1. The van der Waals surface area contributed by atoms with Crippen LogP contribution in [0.15, 0.2) is 18.2 Å². The van der Waals surface area contributed by atoms with Gasteiger partial charge in [0.1, 0.15) is 5.69 Å². The molecule has 1 fully saturated rings. The molecule has 1 N–H and O–H groups in total. The van der Waals surface area contributed by atoms with Crippen LogP contribution in [0.4, 0.5) is 11.4 Å². The summed E-state index contributed by atoms with van der Waals surface area (Å²) in [4.78, 5) is 10.6. The largest absolute Gasteiger partial charge is 0.379 e. The van der Waals surface area contributed by atoms with Crippen LogP contribution in [0.25, 0.3) is 0 Å². The van der Waals surface area contributed by atoms with Crippen LogP contribution in [-0.4, -0.2) is 11.5 Å². The fourth-order valence-electron chi connectivity index (χ4n) is 1.73. The first-order valence-corrected chi connectivity index (χ1v) is 5.50. The molecule has 0 heterocycles. The summed E-state index contributed by atoms with van der Waals surface area (Å²) in [6.45, 7) is 4.91. The number of nitrogens with zero attached hydrogens (tertiary/aromatic N) is 1. The smallest absolute Gasteiger partial charge is 0.292 e. The summed E-state index contributed by atoms with van der Waals surface area (Å²) in [6.07, 6.45) is 2.42. The molecule has 2 rings (SSSR count). The van der Waals surface area contributed by atoms with Crippen molar-refractivity contribution in [1.82, 2.24) is 0 Å². The zero-order valence-electron chi connectivity index (χ0n) is 9.62. The monoisotopic (exact) mass is 220 g/mol. The number of benzene rings is 1. The van der Waals surface area contributed by atoms with Gasteiger partial charge in [0.05, 0.1) is 4.92 Å². The van der Waals surface area contributed by atoms with E-state index in [0.717, 1.165) is 12.1 Å². The maximum Gasteiger partial charge on any atom is 0.292 e. The van der Waals surface area contributed by atoms with E-state index in [9.17, 15) is 10.1 Å². The molecule has 1 saturated carbocycles. The lowest BCUT2D eigenvalue weighted by Crippen LogP contribution is -2.13. The molecule has 0 atom stereocenters. The second-order valence-electron chi connectivity index (χ2n) is 4.89. The van der Waals surface area contributed by atoms with Gasteiger partial charge in [-0.05, 0) is 30.7 Å². The van der Waals surface area contributed by atoms with E-state index in [2.05, 4.69) is 12.2 Å². The highest BCUT2D eigenvalue weighted by atomic mass is 16.6. The van der Waals surface area contributed by atoms with Crippen LogP contribution in [0.3, 0.4) is 0 Å². The summed E-state index contributed by atoms with van der Waals surface area (Å²) in [5.74, 6) is 0. The number of aryl methyl sites for hydroxylation is 1. The fourth-order valence-corrected chi connectivity index (χ4v) is 1.73. The molecule has 1 aromatic rings. The molecule has 4 nitrogen and oxygen atoms in total. The van der Waals surface area contributed by atoms with Crippen molar-refractivity contribution in [1.29, 1.82) is 0 Å². The summed E-state index contributed by atoms with van der Waals surface area (Å²) in [6, 6.07) is 5.16. The quantitative estimate of drug-likeness (QED) is 0.626. The van der Waals surface area contributed by atoms with Gasteiger partial charge in [0.25, 0.3) is 5.69 Å². The molecule has 0 saturated heterocycles. The zero-order valence-corrected chi connectivity index (χ0v) is 9.62. The minimum absolute atomic E-state index is 0.171. The first-order chi connectivity index (χ1) is 7.52. The molecule has 16 heavy (non-hydrogen) atoms. The Morgan fingerprint density at radius 3 is 2.75 bits per heavy atom. The number of nitro benzene ring substituents is 1. The molecule has 0 bridgehead atoms. The SMILES string of the molecule is Cc1cccc([N+](=O)[O-])c1NCC1(C)CC1. The topological polar surface area (TPSA) is 55.2 Å². The minimum Gasteiger partial charge on any atom is -0.379 e. The summed E-state index contributed by atoms with van der Waals surface area (Å²) in [5.41, 5.74) is 2.11. The van der Waals surface area contributed by atoms with Crippen LogP contribution >= 0.6 is 0 Å². The van der Waals surface area contributed by atoms with Gasteiger partial charge in [-0.15, -0.1) is 0 Å². The van der Waals surface area contributed by atoms with E-state index < -0.39 is 0 Å². The lowest BCUT2D eigenvalue weighted by molar-refractivity contribution is -0.384. The van der Waals surface area contributed by atoms with Crippen molar-refractivity contribution in [2.45, 2.75) is 26.7 Å². The standard InChI is InChI=1S/C12H16N2O2/c1-9-4-3-5-10(14(15)16)11(9)13-8-12(2)6-7-12/h3-5,13H,6-8H2,1-2H3. The predicted molar refractivity (Wildman–Crippen MR) is 63.7 cm³/mol. The molecule has 1 aliphatic carbocycles. The number of nitrogens with one attached hydrogen (secondary N) is 1. The van der Waals surface area contributed by atoms with Crippen molar-refractivity contribution in [3.05, 3.63) is 33.9 Å². The van der Waals surface area contributed by atoms with E-state index in [0.29, 0.717) is 11.1 Å². The summed E-state index contributed by atoms with van der Waals surface area (Å²) >= 11 is 0. The number of para-hydroxylation sites is 1. The first-order valence-electron chi connectivity index (χ1n) is 5.50. The van der Waals surface area contributed by atoms with Gasteiger partial charge >= 0.3 is 0 Å². The molecule has 0 spiro atoms.